The maximum absolute atomic E-state index is 4.77. The average molecular weight is 177 g/mol. The molecule has 68 valence electrons. The van der Waals surface area contributed by atoms with Crippen LogP contribution in [0.5, 0.6) is 0 Å². The molecule has 0 saturated heterocycles. The number of pyridine rings is 1. The Kier molecular flexibility index (Phi) is 2.25. The summed E-state index contributed by atoms with van der Waals surface area (Å²) in [6.07, 6.45) is 3.82. The van der Waals surface area contributed by atoms with E-state index in [4.69, 9.17) is 4.84 Å². The molecule has 4 heteroatoms. The molecule has 0 aliphatic rings. The number of hydroxylamine groups is 1. The van der Waals surface area contributed by atoms with Gasteiger partial charge in [0.1, 0.15) is 5.65 Å². The zero-order chi connectivity index (χ0) is 9.10. The van der Waals surface area contributed by atoms with Crippen LogP contribution in [0, 0.1) is 0 Å². The van der Waals surface area contributed by atoms with Crippen molar-refractivity contribution in [3.8, 4) is 0 Å². The highest BCUT2D eigenvalue weighted by Gasteiger charge is 2.00. The quantitative estimate of drug-likeness (QED) is 0.710. The van der Waals surface area contributed by atoms with Crippen LogP contribution in [0.4, 0.5) is 0 Å². The van der Waals surface area contributed by atoms with Gasteiger partial charge in [-0.05, 0) is 12.1 Å². The highest BCUT2D eigenvalue weighted by atomic mass is 16.6. The first kappa shape index (κ1) is 8.22. The maximum atomic E-state index is 4.77. The summed E-state index contributed by atoms with van der Waals surface area (Å²) in [5.74, 6) is 0. The number of nitrogens with one attached hydrogen (secondary N) is 1. The van der Waals surface area contributed by atoms with Crippen LogP contribution in [-0.4, -0.2) is 16.5 Å². The Morgan fingerprint density at radius 1 is 1.54 bits per heavy atom. The van der Waals surface area contributed by atoms with Crippen molar-refractivity contribution in [3.63, 3.8) is 0 Å². The molecule has 0 atom stereocenters. The predicted molar refractivity (Wildman–Crippen MR) is 49.0 cm³/mol. The Balaban J connectivity index is 2.35. The van der Waals surface area contributed by atoms with Gasteiger partial charge < -0.3 is 9.24 Å². The smallest absolute Gasteiger partial charge is 0.136 e. The summed E-state index contributed by atoms with van der Waals surface area (Å²) in [6.45, 7) is 0.654. The minimum atomic E-state index is 0.654. The molecule has 0 aliphatic heterocycles. The molecular weight excluding hydrogens is 166 g/mol. The van der Waals surface area contributed by atoms with Gasteiger partial charge in [0, 0.05) is 6.20 Å². The molecule has 0 unspecified atom stereocenters. The van der Waals surface area contributed by atoms with Crippen molar-refractivity contribution in [2.75, 3.05) is 7.11 Å². The Hall–Kier alpha value is -1.39. The molecule has 2 aromatic heterocycles. The Morgan fingerprint density at radius 3 is 3.31 bits per heavy atom. The second-order valence-corrected chi connectivity index (χ2v) is 2.70. The number of hydrogen-bond donors (Lipinski definition) is 1. The van der Waals surface area contributed by atoms with Gasteiger partial charge in [-0.15, -0.1) is 0 Å². The van der Waals surface area contributed by atoms with Gasteiger partial charge in [-0.2, -0.15) is 5.48 Å². The summed E-state index contributed by atoms with van der Waals surface area (Å²) in [5, 5.41) is 0. The highest BCUT2D eigenvalue weighted by molar-refractivity contribution is 5.39. The van der Waals surface area contributed by atoms with E-state index >= 15 is 0 Å². The first-order chi connectivity index (χ1) is 6.42. The highest BCUT2D eigenvalue weighted by Crippen LogP contribution is 2.04. The SMILES string of the molecule is CONCc1cnc2ccccn12. The first-order valence-corrected chi connectivity index (χ1v) is 4.08. The van der Waals surface area contributed by atoms with Crippen LogP contribution in [0.15, 0.2) is 30.6 Å². The zero-order valence-electron chi connectivity index (χ0n) is 7.40. The molecule has 0 aliphatic carbocycles. The summed E-state index contributed by atoms with van der Waals surface area (Å²) in [4.78, 5) is 9.01. The van der Waals surface area contributed by atoms with E-state index in [1.54, 1.807) is 7.11 Å². The van der Waals surface area contributed by atoms with E-state index < -0.39 is 0 Å². The van der Waals surface area contributed by atoms with Crippen LogP contribution in [0.1, 0.15) is 5.69 Å². The lowest BCUT2D eigenvalue weighted by Crippen LogP contribution is -2.12. The van der Waals surface area contributed by atoms with Gasteiger partial charge in [-0.3, -0.25) is 0 Å². The fourth-order valence-electron chi connectivity index (χ4n) is 1.26. The summed E-state index contributed by atoms with van der Waals surface area (Å²) >= 11 is 0. The molecular formula is C9H11N3O. The Bertz CT molecular complexity index is 396. The molecule has 0 fully saturated rings. The molecule has 0 saturated carbocycles. The van der Waals surface area contributed by atoms with Gasteiger partial charge >= 0.3 is 0 Å². The monoisotopic (exact) mass is 177 g/mol. The summed E-state index contributed by atoms with van der Waals surface area (Å²) < 4.78 is 2.02. The molecule has 2 aromatic rings. The molecule has 0 spiro atoms. The van der Waals surface area contributed by atoms with Gasteiger partial charge in [0.25, 0.3) is 0 Å². The molecule has 0 bridgehead atoms. The molecule has 0 amide bonds. The van der Waals surface area contributed by atoms with Gasteiger partial charge in [0.05, 0.1) is 25.5 Å². The van der Waals surface area contributed by atoms with Crippen molar-refractivity contribution in [1.82, 2.24) is 14.9 Å². The van der Waals surface area contributed by atoms with Gasteiger partial charge in [-0.1, -0.05) is 6.07 Å². The number of fused-ring (bicyclic) bond motifs is 1. The predicted octanol–water partition coefficient (Wildman–Crippen LogP) is 0.985. The lowest BCUT2D eigenvalue weighted by Gasteiger charge is -2.00. The third-order valence-electron chi connectivity index (χ3n) is 1.89. The molecule has 2 heterocycles. The molecule has 2 rings (SSSR count). The van der Waals surface area contributed by atoms with Crippen molar-refractivity contribution in [2.45, 2.75) is 6.54 Å². The van der Waals surface area contributed by atoms with E-state index in [1.165, 1.54) is 0 Å². The first-order valence-electron chi connectivity index (χ1n) is 4.08. The van der Waals surface area contributed by atoms with Crippen molar-refractivity contribution in [1.29, 1.82) is 0 Å². The maximum Gasteiger partial charge on any atom is 0.136 e. The van der Waals surface area contributed by atoms with E-state index in [0.717, 1.165) is 11.3 Å². The summed E-state index contributed by atoms with van der Waals surface area (Å²) in [6, 6.07) is 5.91. The van der Waals surface area contributed by atoms with Crippen LogP contribution in [0.3, 0.4) is 0 Å². The van der Waals surface area contributed by atoms with Crippen molar-refractivity contribution in [2.24, 2.45) is 0 Å². The largest absolute Gasteiger partial charge is 0.305 e. The number of aromatic nitrogens is 2. The second kappa shape index (κ2) is 3.55. The topological polar surface area (TPSA) is 38.6 Å². The van der Waals surface area contributed by atoms with Crippen LogP contribution in [0.25, 0.3) is 5.65 Å². The van der Waals surface area contributed by atoms with E-state index in [9.17, 15) is 0 Å². The zero-order valence-corrected chi connectivity index (χ0v) is 7.40. The third-order valence-corrected chi connectivity index (χ3v) is 1.89. The lowest BCUT2D eigenvalue weighted by molar-refractivity contribution is 0.0857. The molecule has 4 nitrogen and oxygen atoms in total. The number of rotatable bonds is 3. The van der Waals surface area contributed by atoms with Gasteiger partial charge in [-0.25, -0.2) is 4.98 Å². The van der Waals surface area contributed by atoms with E-state index in [0.29, 0.717) is 6.54 Å². The van der Waals surface area contributed by atoms with E-state index in [1.807, 2.05) is 35.0 Å². The Morgan fingerprint density at radius 2 is 2.46 bits per heavy atom. The van der Waals surface area contributed by atoms with Crippen LogP contribution in [0.2, 0.25) is 0 Å². The van der Waals surface area contributed by atoms with E-state index in [-0.39, 0.29) is 0 Å². The van der Waals surface area contributed by atoms with Crippen molar-refractivity contribution < 1.29 is 4.84 Å². The van der Waals surface area contributed by atoms with Crippen molar-refractivity contribution in [3.05, 3.63) is 36.3 Å². The van der Waals surface area contributed by atoms with Gasteiger partial charge in [0.2, 0.25) is 0 Å². The average Bonchev–Trinajstić information content (AvgIpc) is 2.58. The minimum absolute atomic E-state index is 0.654. The number of imidazole rings is 1. The summed E-state index contributed by atoms with van der Waals surface area (Å²) in [5.41, 5.74) is 4.82. The normalized spacial score (nSPS) is 10.8. The lowest BCUT2D eigenvalue weighted by atomic mass is 10.4. The molecule has 13 heavy (non-hydrogen) atoms. The fraction of sp³-hybridized carbons (Fsp3) is 0.222. The van der Waals surface area contributed by atoms with E-state index in [2.05, 4.69) is 10.5 Å². The number of hydrogen-bond acceptors (Lipinski definition) is 3. The summed E-state index contributed by atoms with van der Waals surface area (Å²) in [7, 11) is 1.60. The number of nitrogens with zero attached hydrogens (tertiary/aromatic N) is 2. The molecule has 1 N–H and O–H groups in total. The molecule has 0 radical (unpaired) electrons. The minimum Gasteiger partial charge on any atom is -0.305 e. The second-order valence-electron chi connectivity index (χ2n) is 2.70. The van der Waals surface area contributed by atoms with Gasteiger partial charge in [0.15, 0.2) is 0 Å². The fourth-order valence-corrected chi connectivity index (χ4v) is 1.26. The van der Waals surface area contributed by atoms with Crippen LogP contribution in [-0.2, 0) is 11.4 Å². The van der Waals surface area contributed by atoms with Crippen molar-refractivity contribution >= 4 is 5.65 Å². The molecule has 0 aromatic carbocycles. The Labute approximate surface area is 76.1 Å². The standard InChI is InChI=1S/C9H11N3O/c1-13-11-7-8-6-10-9-4-2-3-5-12(8)9/h2-6,11H,7H2,1H3. The third kappa shape index (κ3) is 1.54. The van der Waals surface area contributed by atoms with Crippen LogP contribution < -0.4 is 5.48 Å². The van der Waals surface area contributed by atoms with Crippen LogP contribution >= 0.6 is 0 Å².